The van der Waals surface area contributed by atoms with Crippen LogP contribution in [0, 0.1) is 0 Å². The third-order valence-corrected chi connectivity index (χ3v) is 1.71. The zero-order valence-electron chi connectivity index (χ0n) is 7.50. The van der Waals surface area contributed by atoms with Crippen LogP contribution in [0.5, 0.6) is 0 Å². The first kappa shape index (κ1) is 9.26. The van der Waals surface area contributed by atoms with Crippen LogP contribution in [0.15, 0.2) is 12.2 Å². The standard InChI is InChI=1S/C9H14O3/c1-3-4-7-11-9(2)6-5-8(10)12-9/h5-6H,3-4,7H2,1-2H3. The zero-order chi connectivity index (χ0) is 9.03. The van der Waals surface area contributed by atoms with Crippen LogP contribution in [-0.4, -0.2) is 18.4 Å². The highest BCUT2D eigenvalue weighted by atomic mass is 16.7. The predicted molar refractivity (Wildman–Crippen MR) is 44.5 cm³/mol. The van der Waals surface area contributed by atoms with Crippen molar-refractivity contribution < 1.29 is 14.3 Å². The predicted octanol–water partition coefficient (Wildman–Crippen LogP) is 1.63. The number of esters is 1. The minimum Gasteiger partial charge on any atom is -0.426 e. The highest BCUT2D eigenvalue weighted by Crippen LogP contribution is 2.20. The van der Waals surface area contributed by atoms with Crippen molar-refractivity contribution in [3.63, 3.8) is 0 Å². The molecule has 1 aliphatic heterocycles. The Morgan fingerprint density at radius 3 is 2.92 bits per heavy atom. The summed E-state index contributed by atoms with van der Waals surface area (Å²) in [7, 11) is 0. The second-order valence-corrected chi connectivity index (χ2v) is 2.97. The number of carbonyl (C=O) groups excluding carboxylic acids is 1. The van der Waals surface area contributed by atoms with E-state index < -0.39 is 5.79 Å². The molecule has 0 amide bonds. The lowest BCUT2D eigenvalue weighted by Crippen LogP contribution is -2.28. The molecule has 0 fully saturated rings. The molecule has 0 saturated heterocycles. The van der Waals surface area contributed by atoms with Crippen molar-refractivity contribution in [2.75, 3.05) is 6.61 Å². The van der Waals surface area contributed by atoms with Crippen LogP contribution in [-0.2, 0) is 14.3 Å². The number of rotatable bonds is 4. The van der Waals surface area contributed by atoms with Gasteiger partial charge in [-0.2, -0.15) is 0 Å². The van der Waals surface area contributed by atoms with E-state index in [0.717, 1.165) is 12.8 Å². The zero-order valence-corrected chi connectivity index (χ0v) is 7.50. The fourth-order valence-electron chi connectivity index (χ4n) is 0.984. The van der Waals surface area contributed by atoms with Crippen LogP contribution in [0.2, 0.25) is 0 Å². The molecule has 0 aromatic carbocycles. The number of hydrogen-bond donors (Lipinski definition) is 0. The molecule has 0 aliphatic carbocycles. The summed E-state index contributed by atoms with van der Waals surface area (Å²) in [6.07, 6.45) is 5.10. The molecular weight excluding hydrogens is 156 g/mol. The van der Waals surface area contributed by atoms with Crippen molar-refractivity contribution in [3.8, 4) is 0 Å². The van der Waals surface area contributed by atoms with Crippen LogP contribution >= 0.6 is 0 Å². The van der Waals surface area contributed by atoms with Gasteiger partial charge in [0, 0.05) is 13.0 Å². The van der Waals surface area contributed by atoms with Gasteiger partial charge in [0.25, 0.3) is 0 Å². The van der Waals surface area contributed by atoms with E-state index in [1.54, 1.807) is 13.0 Å². The van der Waals surface area contributed by atoms with Crippen LogP contribution in [0.3, 0.4) is 0 Å². The first-order chi connectivity index (χ1) is 5.66. The summed E-state index contributed by atoms with van der Waals surface area (Å²) in [5.74, 6) is -1.14. The Morgan fingerprint density at radius 2 is 2.42 bits per heavy atom. The van der Waals surface area contributed by atoms with E-state index in [4.69, 9.17) is 9.47 Å². The van der Waals surface area contributed by atoms with Gasteiger partial charge in [0.15, 0.2) is 0 Å². The van der Waals surface area contributed by atoms with E-state index in [0.29, 0.717) is 6.61 Å². The monoisotopic (exact) mass is 170 g/mol. The molecule has 0 spiro atoms. The summed E-state index contributed by atoms with van der Waals surface area (Å²) in [6.45, 7) is 4.46. The molecule has 1 unspecified atom stereocenters. The fourth-order valence-corrected chi connectivity index (χ4v) is 0.984. The van der Waals surface area contributed by atoms with Gasteiger partial charge in [-0.1, -0.05) is 13.3 Å². The summed E-state index contributed by atoms with van der Waals surface area (Å²) < 4.78 is 10.3. The molecule has 0 radical (unpaired) electrons. The largest absolute Gasteiger partial charge is 0.426 e. The minimum absolute atomic E-state index is 0.325. The van der Waals surface area contributed by atoms with Gasteiger partial charge in [-0.25, -0.2) is 4.79 Å². The molecule has 1 heterocycles. The maximum Gasteiger partial charge on any atom is 0.333 e. The van der Waals surface area contributed by atoms with Crippen molar-refractivity contribution >= 4 is 5.97 Å². The topological polar surface area (TPSA) is 35.5 Å². The SMILES string of the molecule is CCCCOC1(C)C=CC(=O)O1. The van der Waals surface area contributed by atoms with Crippen LogP contribution in [0.25, 0.3) is 0 Å². The average Bonchev–Trinajstić information content (AvgIpc) is 2.32. The Hall–Kier alpha value is -0.830. The van der Waals surface area contributed by atoms with Gasteiger partial charge >= 0.3 is 5.97 Å². The summed E-state index contributed by atoms with van der Waals surface area (Å²) >= 11 is 0. The second-order valence-electron chi connectivity index (χ2n) is 2.97. The first-order valence-corrected chi connectivity index (χ1v) is 4.22. The molecule has 0 N–H and O–H groups in total. The summed E-state index contributed by atoms with van der Waals surface area (Å²) in [6, 6.07) is 0. The minimum atomic E-state index is -0.813. The van der Waals surface area contributed by atoms with Gasteiger partial charge in [0.1, 0.15) is 0 Å². The highest BCUT2D eigenvalue weighted by molar-refractivity contribution is 5.84. The lowest BCUT2D eigenvalue weighted by molar-refractivity contribution is -0.190. The van der Waals surface area contributed by atoms with Crippen molar-refractivity contribution in [1.29, 1.82) is 0 Å². The van der Waals surface area contributed by atoms with E-state index in [-0.39, 0.29) is 5.97 Å². The Bertz CT molecular complexity index is 198. The molecule has 1 rings (SSSR count). The molecule has 0 aromatic heterocycles. The molecule has 68 valence electrons. The van der Waals surface area contributed by atoms with Crippen molar-refractivity contribution in [2.45, 2.75) is 32.5 Å². The van der Waals surface area contributed by atoms with Gasteiger partial charge < -0.3 is 9.47 Å². The molecule has 0 aromatic rings. The number of cyclic esters (lactones) is 1. The number of unbranched alkanes of at least 4 members (excludes halogenated alkanes) is 1. The molecular formula is C9H14O3. The summed E-state index contributed by atoms with van der Waals surface area (Å²) in [5.41, 5.74) is 0. The highest BCUT2D eigenvalue weighted by Gasteiger charge is 2.30. The number of ether oxygens (including phenoxy) is 2. The first-order valence-electron chi connectivity index (χ1n) is 4.22. The maximum absolute atomic E-state index is 10.7. The number of carbonyl (C=O) groups is 1. The van der Waals surface area contributed by atoms with Crippen molar-refractivity contribution in [3.05, 3.63) is 12.2 Å². The number of hydrogen-bond acceptors (Lipinski definition) is 3. The third-order valence-electron chi connectivity index (χ3n) is 1.71. The van der Waals surface area contributed by atoms with Crippen LogP contribution in [0.1, 0.15) is 26.7 Å². The normalized spacial score (nSPS) is 27.7. The van der Waals surface area contributed by atoms with Gasteiger partial charge in [-0.05, 0) is 12.5 Å². The van der Waals surface area contributed by atoms with E-state index in [1.165, 1.54) is 6.08 Å². The molecule has 1 atom stereocenters. The van der Waals surface area contributed by atoms with Crippen LogP contribution in [0.4, 0.5) is 0 Å². The quantitative estimate of drug-likeness (QED) is 0.475. The van der Waals surface area contributed by atoms with E-state index >= 15 is 0 Å². The maximum atomic E-state index is 10.7. The molecule has 12 heavy (non-hydrogen) atoms. The molecule has 3 heteroatoms. The lowest BCUT2D eigenvalue weighted by Gasteiger charge is -2.21. The van der Waals surface area contributed by atoms with Gasteiger partial charge in [0.2, 0.25) is 5.79 Å². The van der Waals surface area contributed by atoms with Gasteiger partial charge in [-0.15, -0.1) is 0 Å². The average molecular weight is 170 g/mol. The van der Waals surface area contributed by atoms with Crippen LogP contribution < -0.4 is 0 Å². The third kappa shape index (κ3) is 2.34. The van der Waals surface area contributed by atoms with E-state index in [1.807, 2.05) is 0 Å². The van der Waals surface area contributed by atoms with Crippen molar-refractivity contribution in [1.82, 2.24) is 0 Å². The van der Waals surface area contributed by atoms with Gasteiger partial charge in [-0.3, -0.25) is 0 Å². The summed E-state index contributed by atoms with van der Waals surface area (Å²) in [4.78, 5) is 10.7. The van der Waals surface area contributed by atoms with Gasteiger partial charge in [0.05, 0.1) is 6.61 Å². The van der Waals surface area contributed by atoms with E-state index in [2.05, 4.69) is 6.92 Å². The molecule has 0 saturated carbocycles. The van der Waals surface area contributed by atoms with E-state index in [9.17, 15) is 4.79 Å². The Labute approximate surface area is 72.4 Å². The fraction of sp³-hybridized carbons (Fsp3) is 0.667. The molecule has 1 aliphatic rings. The van der Waals surface area contributed by atoms with Crippen molar-refractivity contribution in [2.24, 2.45) is 0 Å². The second kappa shape index (κ2) is 3.72. The Balaban J connectivity index is 2.31. The Kier molecular flexibility index (Phi) is 2.87. The summed E-state index contributed by atoms with van der Waals surface area (Å²) in [5, 5.41) is 0. The molecule has 0 bridgehead atoms. The lowest BCUT2D eigenvalue weighted by atomic mass is 10.3. The Morgan fingerprint density at radius 1 is 1.67 bits per heavy atom. The molecule has 3 nitrogen and oxygen atoms in total. The smallest absolute Gasteiger partial charge is 0.333 e.